The average molecular weight is 356 g/mol. The Balaban J connectivity index is 1.91. The molecule has 0 spiro atoms. The number of fused-ring (bicyclic) bond motifs is 1. The van der Waals surface area contributed by atoms with Crippen molar-refractivity contribution < 1.29 is 19.0 Å². The molecule has 2 N–H and O–H groups in total. The number of aromatic nitrogens is 2. The maximum absolute atomic E-state index is 12.9. The largest absolute Gasteiger partial charge is 0.483 e. The van der Waals surface area contributed by atoms with Gasteiger partial charge in [0.05, 0.1) is 19.4 Å². The highest BCUT2D eigenvalue weighted by molar-refractivity contribution is 5.89. The third-order valence-corrected chi connectivity index (χ3v) is 4.66. The molecule has 1 fully saturated rings. The molecule has 1 unspecified atom stereocenters. The van der Waals surface area contributed by atoms with Crippen LogP contribution in [0.4, 0.5) is 0 Å². The maximum atomic E-state index is 12.9. The number of hydrogen-bond donors (Lipinski definition) is 1. The number of primary amides is 1. The minimum absolute atomic E-state index is 0.280. The van der Waals surface area contributed by atoms with Crippen molar-refractivity contribution >= 4 is 5.91 Å². The molecule has 1 aromatic carbocycles. The molecule has 2 aliphatic rings. The minimum atomic E-state index is -1.30. The summed E-state index contributed by atoms with van der Waals surface area (Å²) in [4.78, 5) is 23.8. The van der Waals surface area contributed by atoms with Gasteiger partial charge in [0.15, 0.2) is 17.1 Å². The summed E-state index contributed by atoms with van der Waals surface area (Å²) in [6, 6.07) is 9.34. The van der Waals surface area contributed by atoms with E-state index in [2.05, 4.69) is 9.97 Å². The normalized spacial score (nSPS) is 19.5. The molecule has 1 aromatic heterocycles. The molecule has 136 valence electrons. The SMILES string of the molecule is NC(=O)C(c1ccccc1)(c1ncc2c(n1)OCCO2)N1CCOCC1. The van der Waals surface area contributed by atoms with Gasteiger partial charge in [-0.2, -0.15) is 4.98 Å². The molecule has 0 saturated carbocycles. The lowest BCUT2D eigenvalue weighted by Gasteiger charge is -2.42. The van der Waals surface area contributed by atoms with Crippen LogP contribution >= 0.6 is 0 Å². The highest BCUT2D eigenvalue weighted by Gasteiger charge is 2.49. The van der Waals surface area contributed by atoms with Crippen LogP contribution in [0.25, 0.3) is 0 Å². The first kappa shape index (κ1) is 16.7. The fraction of sp³-hybridized carbons (Fsp3) is 0.389. The molecule has 3 heterocycles. The zero-order chi connectivity index (χ0) is 18.0. The number of amides is 1. The van der Waals surface area contributed by atoms with E-state index in [0.29, 0.717) is 56.7 Å². The van der Waals surface area contributed by atoms with E-state index < -0.39 is 11.4 Å². The Morgan fingerprint density at radius 2 is 1.81 bits per heavy atom. The number of carbonyl (C=O) groups excluding carboxylic acids is 1. The van der Waals surface area contributed by atoms with Gasteiger partial charge in [-0.1, -0.05) is 30.3 Å². The maximum Gasteiger partial charge on any atom is 0.260 e. The van der Waals surface area contributed by atoms with Crippen LogP contribution < -0.4 is 15.2 Å². The van der Waals surface area contributed by atoms with Gasteiger partial charge in [-0.15, -0.1) is 0 Å². The zero-order valence-electron chi connectivity index (χ0n) is 14.3. The number of benzene rings is 1. The highest BCUT2D eigenvalue weighted by atomic mass is 16.6. The fourth-order valence-corrected chi connectivity index (χ4v) is 3.46. The summed E-state index contributed by atoms with van der Waals surface area (Å²) in [5.41, 5.74) is 5.38. The summed E-state index contributed by atoms with van der Waals surface area (Å²) in [5, 5.41) is 0. The third kappa shape index (κ3) is 2.67. The monoisotopic (exact) mass is 356 g/mol. The molecular formula is C18H20N4O4. The summed E-state index contributed by atoms with van der Waals surface area (Å²) in [5.74, 6) is 0.536. The van der Waals surface area contributed by atoms with Crippen molar-refractivity contribution in [1.29, 1.82) is 0 Å². The molecule has 1 saturated heterocycles. The summed E-state index contributed by atoms with van der Waals surface area (Å²) >= 11 is 0. The first-order chi connectivity index (χ1) is 12.7. The number of ether oxygens (including phenoxy) is 3. The van der Waals surface area contributed by atoms with E-state index in [1.807, 2.05) is 35.2 Å². The molecule has 0 bridgehead atoms. The van der Waals surface area contributed by atoms with Crippen molar-refractivity contribution in [2.24, 2.45) is 5.73 Å². The Hall–Kier alpha value is -2.71. The van der Waals surface area contributed by atoms with Crippen LogP contribution in [0.5, 0.6) is 11.6 Å². The standard InChI is InChI=1S/C18H20N4O4/c19-16(23)18(13-4-2-1-3-5-13,22-6-8-24-9-7-22)17-20-12-14-15(21-17)26-11-10-25-14/h1-5,12H,6-11H2,(H2,19,23). The van der Waals surface area contributed by atoms with E-state index in [1.165, 1.54) is 6.20 Å². The molecule has 26 heavy (non-hydrogen) atoms. The number of nitrogens with two attached hydrogens (primary N) is 1. The Bertz CT molecular complexity index is 795. The summed E-state index contributed by atoms with van der Waals surface area (Å²) in [6.07, 6.45) is 1.54. The van der Waals surface area contributed by atoms with Gasteiger partial charge in [0, 0.05) is 13.1 Å². The molecule has 1 amide bonds. The van der Waals surface area contributed by atoms with Crippen LogP contribution in [0.3, 0.4) is 0 Å². The van der Waals surface area contributed by atoms with Gasteiger partial charge in [0.25, 0.3) is 11.8 Å². The fourth-order valence-electron chi connectivity index (χ4n) is 3.46. The second-order valence-corrected chi connectivity index (χ2v) is 6.10. The molecule has 0 radical (unpaired) electrons. The number of carbonyl (C=O) groups is 1. The highest BCUT2D eigenvalue weighted by Crippen LogP contribution is 2.37. The van der Waals surface area contributed by atoms with Crippen LogP contribution in [-0.2, 0) is 15.1 Å². The predicted molar refractivity (Wildman–Crippen MR) is 91.8 cm³/mol. The van der Waals surface area contributed by atoms with Crippen LogP contribution in [0.1, 0.15) is 11.4 Å². The smallest absolute Gasteiger partial charge is 0.260 e. The van der Waals surface area contributed by atoms with Crippen molar-refractivity contribution in [2.45, 2.75) is 5.54 Å². The van der Waals surface area contributed by atoms with Gasteiger partial charge in [0.2, 0.25) is 0 Å². The third-order valence-electron chi connectivity index (χ3n) is 4.66. The Labute approximate surface area is 150 Å². The van der Waals surface area contributed by atoms with E-state index in [-0.39, 0.29) is 5.82 Å². The van der Waals surface area contributed by atoms with Crippen molar-refractivity contribution in [3.8, 4) is 11.6 Å². The quantitative estimate of drug-likeness (QED) is 0.841. The van der Waals surface area contributed by atoms with Gasteiger partial charge < -0.3 is 19.9 Å². The lowest BCUT2D eigenvalue weighted by molar-refractivity contribution is -0.131. The second-order valence-electron chi connectivity index (χ2n) is 6.10. The van der Waals surface area contributed by atoms with Crippen molar-refractivity contribution in [3.05, 3.63) is 47.9 Å². The Morgan fingerprint density at radius 1 is 1.08 bits per heavy atom. The molecule has 8 nitrogen and oxygen atoms in total. The summed E-state index contributed by atoms with van der Waals surface area (Å²) < 4.78 is 16.6. The first-order valence-corrected chi connectivity index (χ1v) is 8.54. The van der Waals surface area contributed by atoms with Crippen molar-refractivity contribution in [3.63, 3.8) is 0 Å². The molecule has 2 aliphatic heterocycles. The van der Waals surface area contributed by atoms with E-state index >= 15 is 0 Å². The summed E-state index contributed by atoms with van der Waals surface area (Å²) in [7, 11) is 0. The second kappa shape index (κ2) is 6.89. The average Bonchev–Trinajstić information content (AvgIpc) is 2.70. The van der Waals surface area contributed by atoms with Gasteiger partial charge in [-0.25, -0.2) is 4.98 Å². The van der Waals surface area contributed by atoms with Gasteiger partial charge in [0.1, 0.15) is 13.2 Å². The van der Waals surface area contributed by atoms with E-state index in [1.54, 1.807) is 0 Å². The van der Waals surface area contributed by atoms with Crippen LogP contribution in [0.15, 0.2) is 36.5 Å². The van der Waals surface area contributed by atoms with E-state index in [4.69, 9.17) is 19.9 Å². The van der Waals surface area contributed by atoms with Crippen LogP contribution in [0.2, 0.25) is 0 Å². The molecule has 4 rings (SSSR count). The molecule has 1 atom stereocenters. The Kier molecular flexibility index (Phi) is 4.44. The number of nitrogens with zero attached hydrogens (tertiary/aromatic N) is 3. The molecule has 0 aliphatic carbocycles. The van der Waals surface area contributed by atoms with Gasteiger partial charge in [-0.3, -0.25) is 9.69 Å². The minimum Gasteiger partial charge on any atom is -0.483 e. The van der Waals surface area contributed by atoms with E-state index in [0.717, 1.165) is 0 Å². The molecule has 8 heteroatoms. The molecular weight excluding hydrogens is 336 g/mol. The van der Waals surface area contributed by atoms with Gasteiger partial charge in [-0.05, 0) is 5.56 Å². The first-order valence-electron chi connectivity index (χ1n) is 8.54. The van der Waals surface area contributed by atoms with Crippen molar-refractivity contribution in [1.82, 2.24) is 14.9 Å². The topological polar surface area (TPSA) is 99.8 Å². The number of morpholine rings is 1. The lowest BCUT2D eigenvalue weighted by atomic mass is 9.85. The zero-order valence-corrected chi connectivity index (χ0v) is 14.3. The van der Waals surface area contributed by atoms with Crippen LogP contribution in [0, 0.1) is 0 Å². The lowest BCUT2D eigenvalue weighted by Crippen LogP contribution is -2.59. The number of hydrogen-bond acceptors (Lipinski definition) is 7. The number of rotatable bonds is 4. The molecule has 2 aromatic rings. The van der Waals surface area contributed by atoms with Crippen LogP contribution in [-0.4, -0.2) is 60.3 Å². The van der Waals surface area contributed by atoms with Gasteiger partial charge >= 0.3 is 0 Å². The van der Waals surface area contributed by atoms with Crippen molar-refractivity contribution in [2.75, 3.05) is 39.5 Å². The summed E-state index contributed by atoms with van der Waals surface area (Å²) in [6.45, 7) is 2.93. The van der Waals surface area contributed by atoms with E-state index in [9.17, 15) is 4.79 Å². The predicted octanol–water partition coefficient (Wildman–Crippen LogP) is 0.309. The Morgan fingerprint density at radius 3 is 2.54 bits per heavy atom.